The Morgan fingerprint density at radius 1 is 1.31 bits per heavy atom. The summed E-state index contributed by atoms with van der Waals surface area (Å²) in [4.78, 5) is 24.7. The Kier molecular flexibility index (Phi) is 7.54. The van der Waals surface area contributed by atoms with Gasteiger partial charge in [-0.05, 0) is 19.9 Å². The van der Waals surface area contributed by atoms with Crippen LogP contribution in [-0.2, 0) is 14.3 Å². The van der Waals surface area contributed by atoms with E-state index in [4.69, 9.17) is 4.74 Å². The fourth-order valence-corrected chi connectivity index (χ4v) is 1.52. The molecule has 1 atom stereocenters. The molecule has 0 aliphatic carbocycles. The van der Waals surface area contributed by atoms with Crippen LogP contribution in [0.4, 0.5) is 0 Å². The van der Waals surface area contributed by atoms with Crippen molar-refractivity contribution in [3.05, 3.63) is 0 Å². The van der Waals surface area contributed by atoms with Crippen molar-refractivity contribution in [1.82, 2.24) is 10.2 Å². The van der Waals surface area contributed by atoms with Crippen molar-refractivity contribution in [2.45, 2.75) is 33.2 Å². The topological polar surface area (TPSA) is 58.6 Å². The first-order valence-electron chi connectivity index (χ1n) is 5.71. The van der Waals surface area contributed by atoms with E-state index in [1.807, 2.05) is 18.7 Å². The van der Waals surface area contributed by atoms with Gasteiger partial charge in [0.2, 0.25) is 5.91 Å². The molecule has 5 heteroatoms. The fourth-order valence-electron chi connectivity index (χ4n) is 1.52. The van der Waals surface area contributed by atoms with Crippen LogP contribution in [0.5, 0.6) is 0 Å². The molecule has 0 bridgehead atoms. The third kappa shape index (κ3) is 4.61. The Balaban J connectivity index is 4.49. The van der Waals surface area contributed by atoms with Crippen molar-refractivity contribution in [1.29, 1.82) is 0 Å². The molecule has 0 aliphatic heterocycles. The van der Waals surface area contributed by atoms with Gasteiger partial charge in [-0.2, -0.15) is 0 Å². The van der Waals surface area contributed by atoms with E-state index >= 15 is 0 Å². The van der Waals surface area contributed by atoms with Crippen LogP contribution in [0.25, 0.3) is 0 Å². The molecule has 94 valence electrons. The summed E-state index contributed by atoms with van der Waals surface area (Å²) in [5.74, 6) is -0.347. The Morgan fingerprint density at radius 3 is 2.31 bits per heavy atom. The minimum Gasteiger partial charge on any atom is -0.465 e. The van der Waals surface area contributed by atoms with E-state index in [0.717, 1.165) is 0 Å². The molecule has 0 aromatic rings. The summed E-state index contributed by atoms with van der Waals surface area (Å²) >= 11 is 0. The number of esters is 1. The van der Waals surface area contributed by atoms with E-state index in [1.165, 1.54) is 0 Å². The number of likely N-dealkylation sites (N-methyl/N-ethyl adjacent to an activating group) is 2. The zero-order valence-electron chi connectivity index (χ0n) is 10.6. The number of hydrogen-bond donors (Lipinski definition) is 1. The van der Waals surface area contributed by atoms with Gasteiger partial charge >= 0.3 is 5.97 Å². The molecule has 0 radical (unpaired) electrons. The zero-order chi connectivity index (χ0) is 12.6. The predicted molar refractivity (Wildman–Crippen MR) is 62.0 cm³/mol. The Morgan fingerprint density at radius 2 is 1.94 bits per heavy atom. The Labute approximate surface area is 97.1 Å². The lowest BCUT2D eigenvalue weighted by atomic mass is 10.2. The number of nitrogens with one attached hydrogen (secondary N) is 1. The number of hydrogen-bond acceptors (Lipinski definition) is 4. The second-order valence-corrected chi connectivity index (χ2v) is 3.41. The summed E-state index contributed by atoms with van der Waals surface area (Å²) in [5.41, 5.74) is 0. The maximum Gasteiger partial charge on any atom is 0.323 e. The van der Waals surface area contributed by atoms with Crippen LogP contribution in [-0.4, -0.2) is 49.6 Å². The minimum absolute atomic E-state index is 0.0930. The molecular weight excluding hydrogens is 208 g/mol. The fraction of sp³-hybridized carbons (Fsp3) is 0.818. The lowest BCUT2D eigenvalue weighted by Gasteiger charge is -2.27. The molecule has 1 N–H and O–H groups in total. The first-order valence-corrected chi connectivity index (χ1v) is 5.71. The smallest absolute Gasteiger partial charge is 0.323 e. The van der Waals surface area contributed by atoms with Gasteiger partial charge in [-0.3, -0.25) is 14.5 Å². The lowest BCUT2D eigenvalue weighted by Crippen LogP contribution is -2.46. The van der Waals surface area contributed by atoms with Crippen molar-refractivity contribution < 1.29 is 14.3 Å². The molecule has 1 unspecified atom stereocenters. The predicted octanol–water partition coefficient (Wildman–Crippen LogP) is 0.396. The molecule has 0 aliphatic rings. The Hall–Kier alpha value is -1.10. The van der Waals surface area contributed by atoms with Gasteiger partial charge in [0.05, 0.1) is 13.2 Å². The summed E-state index contributed by atoms with van der Waals surface area (Å²) in [6.07, 6.45) is 0.643. The number of ether oxygens (including phenoxy) is 1. The highest BCUT2D eigenvalue weighted by Crippen LogP contribution is 2.06. The zero-order valence-corrected chi connectivity index (χ0v) is 10.6. The minimum atomic E-state index is -0.331. The van der Waals surface area contributed by atoms with Gasteiger partial charge in [0.1, 0.15) is 6.04 Å². The van der Waals surface area contributed by atoms with E-state index in [-0.39, 0.29) is 24.5 Å². The van der Waals surface area contributed by atoms with Crippen molar-refractivity contribution in [2.24, 2.45) is 0 Å². The van der Waals surface area contributed by atoms with Crippen LogP contribution in [0.1, 0.15) is 27.2 Å². The third-order valence-corrected chi connectivity index (χ3v) is 2.42. The third-order valence-electron chi connectivity index (χ3n) is 2.42. The van der Waals surface area contributed by atoms with E-state index < -0.39 is 0 Å². The first kappa shape index (κ1) is 14.9. The second-order valence-electron chi connectivity index (χ2n) is 3.41. The average Bonchev–Trinajstić information content (AvgIpc) is 2.28. The molecule has 5 nitrogen and oxygen atoms in total. The van der Waals surface area contributed by atoms with Crippen LogP contribution in [0, 0.1) is 0 Å². The average molecular weight is 230 g/mol. The summed E-state index contributed by atoms with van der Waals surface area (Å²) < 4.78 is 4.98. The molecule has 0 aromatic heterocycles. The highest BCUT2D eigenvalue weighted by Gasteiger charge is 2.25. The van der Waals surface area contributed by atoms with Crippen molar-refractivity contribution >= 4 is 11.9 Å². The van der Waals surface area contributed by atoms with E-state index in [9.17, 15) is 9.59 Å². The molecule has 16 heavy (non-hydrogen) atoms. The highest BCUT2D eigenvalue weighted by atomic mass is 16.5. The van der Waals surface area contributed by atoms with Gasteiger partial charge in [-0.1, -0.05) is 13.8 Å². The number of rotatable bonds is 7. The molecule has 1 amide bonds. The maximum absolute atomic E-state index is 11.6. The summed E-state index contributed by atoms with van der Waals surface area (Å²) in [6, 6.07) is -0.331. The van der Waals surface area contributed by atoms with Crippen molar-refractivity contribution in [2.75, 3.05) is 26.7 Å². The molecule has 0 fully saturated rings. The van der Waals surface area contributed by atoms with Gasteiger partial charge in [-0.15, -0.1) is 0 Å². The van der Waals surface area contributed by atoms with Crippen LogP contribution in [0.15, 0.2) is 0 Å². The lowest BCUT2D eigenvalue weighted by molar-refractivity contribution is -0.150. The first-order chi connectivity index (χ1) is 7.60. The van der Waals surface area contributed by atoms with Crippen molar-refractivity contribution in [3.63, 3.8) is 0 Å². The number of carbonyl (C=O) groups is 2. The Bertz CT molecular complexity index is 231. The molecule has 0 aromatic carbocycles. The summed E-state index contributed by atoms with van der Waals surface area (Å²) in [7, 11) is 1.58. The van der Waals surface area contributed by atoms with Crippen LogP contribution in [0.2, 0.25) is 0 Å². The van der Waals surface area contributed by atoms with Gasteiger partial charge in [0.15, 0.2) is 0 Å². The van der Waals surface area contributed by atoms with E-state index in [0.29, 0.717) is 19.6 Å². The molecule has 0 spiro atoms. The second kappa shape index (κ2) is 8.10. The van der Waals surface area contributed by atoms with Crippen molar-refractivity contribution in [3.8, 4) is 0 Å². The van der Waals surface area contributed by atoms with Gasteiger partial charge < -0.3 is 10.1 Å². The molecular formula is C11H22N2O3. The molecule has 0 rings (SSSR count). The summed E-state index contributed by atoms with van der Waals surface area (Å²) in [5, 5.41) is 2.55. The number of carbonyl (C=O) groups excluding carboxylic acids is 2. The standard InChI is InChI=1S/C11H22N2O3/c1-5-9(11(15)16-7-3)13(6-2)8-10(14)12-4/h9H,5-8H2,1-4H3,(H,12,14). The number of nitrogens with zero attached hydrogens (tertiary/aromatic N) is 1. The molecule has 0 saturated heterocycles. The monoisotopic (exact) mass is 230 g/mol. The van der Waals surface area contributed by atoms with Gasteiger partial charge in [0, 0.05) is 7.05 Å². The van der Waals surface area contributed by atoms with Crippen LogP contribution < -0.4 is 5.32 Å². The summed E-state index contributed by atoms with van der Waals surface area (Å²) in [6.45, 7) is 6.85. The van der Waals surface area contributed by atoms with Gasteiger partial charge in [0.25, 0.3) is 0 Å². The van der Waals surface area contributed by atoms with Gasteiger partial charge in [-0.25, -0.2) is 0 Å². The SMILES string of the molecule is CCOC(=O)C(CC)N(CC)CC(=O)NC. The largest absolute Gasteiger partial charge is 0.465 e. The quantitative estimate of drug-likeness (QED) is 0.643. The molecule has 0 heterocycles. The van der Waals surface area contributed by atoms with E-state index in [1.54, 1.807) is 14.0 Å². The molecule has 0 saturated carbocycles. The number of amides is 1. The van der Waals surface area contributed by atoms with Crippen LogP contribution >= 0.6 is 0 Å². The van der Waals surface area contributed by atoms with E-state index in [2.05, 4.69) is 5.32 Å². The van der Waals surface area contributed by atoms with Crippen LogP contribution in [0.3, 0.4) is 0 Å². The normalized spacial score (nSPS) is 12.3. The highest BCUT2D eigenvalue weighted by molar-refractivity contribution is 5.80. The maximum atomic E-state index is 11.6.